The Kier molecular flexibility index (Phi) is 4.95. The number of hydrogen-bond donors (Lipinski definition) is 3. The third-order valence-electron chi connectivity index (χ3n) is 3.81. The van der Waals surface area contributed by atoms with E-state index in [0.717, 1.165) is 16.5 Å². The number of fused-ring (bicyclic) bond motifs is 1. The Morgan fingerprint density at radius 1 is 1.08 bits per heavy atom. The molecule has 3 aromatic rings. The van der Waals surface area contributed by atoms with Crippen LogP contribution in [0.4, 0.5) is 5.69 Å². The molecule has 0 aliphatic carbocycles. The number of rotatable bonds is 5. The molecule has 1 amide bonds. The van der Waals surface area contributed by atoms with Crippen molar-refractivity contribution in [2.24, 2.45) is 5.10 Å². The minimum Gasteiger partial charge on any atom is -0.508 e. The lowest BCUT2D eigenvalue weighted by molar-refractivity contribution is -0.121. The Labute approximate surface area is 146 Å². The van der Waals surface area contributed by atoms with Gasteiger partial charge in [-0.05, 0) is 36.1 Å². The van der Waals surface area contributed by atoms with Crippen molar-refractivity contribution in [3.05, 3.63) is 72.3 Å². The zero-order chi connectivity index (χ0) is 17.6. The van der Waals surface area contributed by atoms with Crippen molar-refractivity contribution in [3.63, 3.8) is 0 Å². The topological polar surface area (TPSA) is 73.7 Å². The van der Waals surface area contributed by atoms with Gasteiger partial charge in [0.05, 0.1) is 6.21 Å². The van der Waals surface area contributed by atoms with Crippen molar-refractivity contribution in [2.75, 3.05) is 5.32 Å². The first-order valence-electron chi connectivity index (χ1n) is 8.00. The third-order valence-corrected chi connectivity index (χ3v) is 3.81. The highest BCUT2D eigenvalue weighted by molar-refractivity contribution is 5.96. The van der Waals surface area contributed by atoms with Gasteiger partial charge in [-0.3, -0.25) is 4.79 Å². The van der Waals surface area contributed by atoms with Gasteiger partial charge < -0.3 is 10.4 Å². The summed E-state index contributed by atoms with van der Waals surface area (Å²) in [5.41, 5.74) is 4.11. The number of aromatic hydroxyl groups is 1. The van der Waals surface area contributed by atoms with E-state index < -0.39 is 6.04 Å². The minimum atomic E-state index is -0.452. The van der Waals surface area contributed by atoms with Gasteiger partial charge in [-0.1, -0.05) is 48.5 Å². The average Bonchev–Trinajstić information content (AvgIpc) is 2.62. The van der Waals surface area contributed by atoms with Gasteiger partial charge in [-0.15, -0.1) is 0 Å². The summed E-state index contributed by atoms with van der Waals surface area (Å²) in [5.74, 6) is -0.0920. The Balaban J connectivity index is 1.64. The molecular formula is C20H19N3O2. The van der Waals surface area contributed by atoms with E-state index in [-0.39, 0.29) is 11.7 Å². The van der Waals surface area contributed by atoms with Gasteiger partial charge in [0.15, 0.2) is 0 Å². The van der Waals surface area contributed by atoms with Crippen LogP contribution in [0.1, 0.15) is 12.5 Å². The Bertz CT molecular complexity index is 916. The minimum absolute atomic E-state index is 0.154. The van der Waals surface area contributed by atoms with Crippen LogP contribution in [0.25, 0.3) is 10.8 Å². The highest BCUT2D eigenvalue weighted by Gasteiger charge is 2.12. The number of hydrazone groups is 1. The summed E-state index contributed by atoms with van der Waals surface area (Å²) in [6, 6.07) is 20.1. The van der Waals surface area contributed by atoms with Gasteiger partial charge in [0, 0.05) is 11.1 Å². The molecule has 25 heavy (non-hydrogen) atoms. The first kappa shape index (κ1) is 16.5. The van der Waals surface area contributed by atoms with E-state index in [0.29, 0.717) is 5.56 Å². The van der Waals surface area contributed by atoms with E-state index in [1.807, 2.05) is 42.5 Å². The van der Waals surface area contributed by atoms with Crippen molar-refractivity contribution in [3.8, 4) is 5.75 Å². The van der Waals surface area contributed by atoms with Crippen LogP contribution in [0.3, 0.4) is 0 Å². The number of carbonyl (C=O) groups is 1. The van der Waals surface area contributed by atoms with Crippen molar-refractivity contribution >= 4 is 28.6 Å². The SMILES string of the molecule is C[C@H](Nc1cccc2ccccc12)C(=O)N/N=C\c1cccc(O)c1. The first-order chi connectivity index (χ1) is 12.1. The van der Waals surface area contributed by atoms with Crippen molar-refractivity contribution < 1.29 is 9.90 Å². The van der Waals surface area contributed by atoms with E-state index in [9.17, 15) is 9.90 Å². The van der Waals surface area contributed by atoms with Crippen molar-refractivity contribution in [2.45, 2.75) is 13.0 Å². The molecule has 0 bridgehead atoms. The van der Waals surface area contributed by atoms with Gasteiger partial charge >= 0.3 is 0 Å². The zero-order valence-electron chi connectivity index (χ0n) is 13.8. The van der Waals surface area contributed by atoms with E-state index in [1.54, 1.807) is 31.2 Å². The summed E-state index contributed by atoms with van der Waals surface area (Å²) >= 11 is 0. The molecule has 5 nitrogen and oxygen atoms in total. The quantitative estimate of drug-likeness (QED) is 0.494. The molecule has 0 unspecified atom stereocenters. The van der Waals surface area contributed by atoms with E-state index in [2.05, 4.69) is 15.8 Å². The highest BCUT2D eigenvalue weighted by Crippen LogP contribution is 2.23. The number of phenols is 1. The standard InChI is InChI=1S/C20H19N3O2/c1-14(20(25)23-21-13-15-6-4-9-17(24)12-15)22-19-11-5-8-16-7-2-3-10-18(16)19/h2-14,22,24H,1H3,(H,23,25)/b21-13-/t14-/m0/s1. The largest absolute Gasteiger partial charge is 0.508 e. The van der Waals surface area contributed by atoms with Crippen LogP contribution >= 0.6 is 0 Å². The molecule has 3 aromatic carbocycles. The van der Waals surface area contributed by atoms with Gasteiger partial charge in [-0.25, -0.2) is 5.43 Å². The lowest BCUT2D eigenvalue weighted by atomic mass is 10.1. The fourth-order valence-electron chi connectivity index (χ4n) is 2.52. The maximum absolute atomic E-state index is 12.2. The molecule has 0 saturated carbocycles. The number of amides is 1. The maximum Gasteiger partial charge on any atom is 0.262 e. The van der Waals surface area contributed by atoms with Crippen molar-refractivity contribution in [1.82, 2.24) is 5.43 Å². The van der Waals surface area contributed by atoms with Crippen LogP contribution in [0.15, 0.2) is 71.8 Å². The number of phenolic OH excluding ortho intramolecular Hbond substituents is 1. The molecule has 0 saturated heterocycles. The number of carbonyl (C=O) groups excluding carboxylic acids is 1. The van der Waals surface area contributed by atoms with E-state index in [1.165, 1.54) is 6.21 Å². The van der Waals surface area contributed by atoms with Crippen LogP contribution < -0.4 is 10.7 Å². The Morgan fingerprint density at radius 2 is 1.84 bits per heavy atom. The number of nitrogens with zero attached hydrogens (tertiary/aromatic N) is 1. The monoisotopic (exact) mass is 333 g/mol. The van der Waals surface area contributed by atoms with Crippen LogP contribution in [0.5, 0.6) is 5.75 Å². The summed E-state index contributed by atoms with van der Waals surface area (Å²) < 4.78 is 0. The van der Waals surface area contributed by atoms with Crippen LogP contribution in [-0.4, -0.2) is 23.3 Å². The first-order valence-corrected chi connectivity index (χ1v) is 8.00. The lowest BCUT2D eigenvalue weighted by Crippen LogP contribution is -2.34. The normalized spacial score (nSPS) is 12.2. The van der Waals surface area contributed by atoms with Crippen molar-refractivity contribution in [1.29, 1.82) is 0 Å². The fraction of sp³-hybridized carbons (Fsp3) is 0.100. The maximum atomic E-state index is 12.2. The molecule has 0 aliphatic heterocycles. The molecule has 0 radical (unpaired) electrons. The van der Waals surface area contributed by atoms with E-state index >= 15 is 0 Å². The van der Waals surface area contributed by atoms with Crippen LogP contribution in [0.2, 0.25) is 0 Å². The van der Waals surface area contributed by atoms with Crippen LogP contribution in [0, 0.1) is 0 Å². The summed E-state index contributed by atoms with van der Waals surface area (Å²) in [6.07, 6.45) is 1.49. The predicted octanol–water partition coefficient (Wildman–Crippen LogP) is 3.50. The Morgan fingerprint density at radius 3 is 2.68 bits per heavy atom. The molecule has 3 N–H and O–H groups in total. The molecule has 1 atom stereocenters. The van der Waals surface area contributed by atoms with Gasteiger partial charge in [0.1, 0.15) is 11.8 Å². The number of anilines is 1. The number of benzene rings is 3. The summed E-state index contributed by atoms with van der Waals surface area (Å²) in [5, 5.41) is 18.7. The molecule has 0 fully saturated rings. The number of nitrogens with one attached hydrogen (secondary N) is 2. The van der Waals surface area contributed by atoms with Crippen LogP contribution in [-0.2, 0) is 4.79 Å². The third kappa shape index (κ3) is 4.14. The molecule has 0 heterocycles. The Hall–Kier alpha value is -3.34. The lowest BCUT2D eigenvalue weighted by Gasteiger charge is -2.15. The summed E-state index contributed by atoms with van der Waals surface area (Å²) in [4.78, 5) is 12.2. The smallest absolute Gasteiger partial charge is 0.262 e. The predicted molar refractivity (Wildman–Crippen MR) is 101 cm³/mol. The molecule has 0 spiro atoms. The molecule has 3 rings (SSSR count). The number of hydrogen-bond acceptors (Lipinski definition) is 4. The second kappa shape index (κ2) is 7.49. The van der Waals surface area contributed by atoms with Gasteiger partial charge in [-0.2, -0.15) is 5.10 Å². The summed E-state index contributed by atoms with van der Waals surface area (Å²) in [6.45, 7) is 1.78. The van der Waals surface area contributed by atoms with Gasteiger partial charge in [0.2, 0.25) is 0 Å². The fourth-order valence-corrected chi connectivity index (χ4v) is 2.52. The second-order valence-corrected chi connectivity index (χ2v) is 5.72. The highest BCUT2D eigenvalue weighted by atomic mass is 16.3. The molecule has 126 valence electrons. The summed E-state index contributed by atoms with van der Waals surface area (Å²) in [7, 11) is 0. The zero-order valence-corrected chi connectivity index (χ0v) is 13.8. The molecule has 0 aliphatic rings. The molecular weight excluding hydrogens is 314 g/mol. The average molecular weight is 333 g/mol. The molecule has 0 aromatic heterocycles. The molecule has 5 heteroatoms. The van der Waals surface area contributed by atoms with E-state index in [4.69, 9.17) is 0 Å². The second-order valence-electron chi connectivity index (χ2n) is 5.72. The van der Waals surface area contributed by atoms with Gasteiger partial charge in [0.25, 0.3) is 5.91 Å².